The van der Waals surface area contributed by atoms with Crippen molar-refractivity contribution in [3.63, 3.8) is 0 Å². The van der Waals surface area contributed by atoms with Crippen LogP contribution in [-0.4, -0.2) is 53.2 Å². The average molecular weight is 379 g/mol. The van der Waals surface area contributed by atoms with Crippen molar-refractivity contribution >= 4 is 17.6 Å². The molecule has 1 aromatic heterocycles. The number of carbonyl (C=O) groups excluding carboxylic acids is 1. The molecule has 2 fully saturated rings. The van der Waals surface area contributed by atoms with Crippen LogP contribution >= 0.6 is 0 Å². The first-order valence-electron chi connectivity index (χ1n) is 10.1. The van der Waals surface area contributed by atoms with Gasteiger partial charge in [0.05, 0.1) is 11.9 Å². The van der Waals surface area contributed by atoms with Crippen molar-refractivity contribution in [1.82, 2.24) is 14.9 Å². The molecule has 1 aromatic carbocycles. The number of hydrogen-bond acceptors (Lipinski definition) is 6. The van der Waals surface area contributed by atoms with Crippen LogP contribution in [0.25, 0.3) is 0 Å². The topological polar surface area (TPSA) is 70.6 Å². The van der Waals surface area contributed by atoms with E-state index in [2.05, 4.69) is 31.2 Å². The zero-order valence-electron chi connectivity index (χ0n) is 15.9. The van der Waals surface area contributed by atoms with Gasteiger partial charge in [0.15, 0.2) is 0 Å². The summed E-state index contributed by atoms with van der Waals surface area (Å²) in [6.07, 6.45) is 8.93. The third-order valence-electron chi connectivity index (χ3n) is 6.40. The lowest BCUT2D eigenvalue weighted by molar-refractivity contribution is -0.0475. The Bertz CT molecular complexity index is 843. The Morgan fingerprint density at radius 3 is 2.61 bits per heavy atom. The molecule has 1 spiro atoms. The van der Waals surface area contributed by atoms with Crippen LogP contribution in [0.5, 0.6) is 0 Å². The fourth-order valence-corrected chi connectivity index (χ4v) is 4.89. The second kappa shape index (κ2) is 7.05. The lowest BCUT2D eigenvalue weighted by atomic mass is 9.81. The van der Waals surface area contributed by atoms with Gasteiger partial charge in [0.25, 0.3) is 0 Å². The van der Waals surface area contributed by atoms with E-state index in [4.69, 9.17) is 4.74 Å². The second-order valence-electron chi connectivity index (χ2n) is 7.87. The van der Waals surface area contributed by atoms with E-state index in [0.29, 0.717) is 6.04 Å². The first-order chi connectivity index (χ1) is 13.7. The van der Waals surface area contributed by atoms with Crippen LogP contribution in [0.1, 0.15) is 31.2 Å². The molecule has 0 atom stereocenters. The smallest absolute Gasteiger partial charge is 0.412 e. The molecule has 28 heavy (non-hydrogen) atoms. The minimum Gasteiger partial charge on any atom is -0.438 e. The molecule has 5 rings (SSSR count). The van der Waals surface area contributed by atoms with Crippen molar-refractivity contribution in [3.8, 4) is 0 Å². The molecule has 3 aliphatic rings. The molecule has 1 N–H and O–H groups in total. The minimum absolute atomic E-state index is 0.329. The summed E-state index contributed by atoms with van der Waals surface area (Å²) in [5.41, 5.74) is 1.53. The number of ether oxygens (including phenoxy) is 1. The van der Waals surface area contributed by atoms with Crippen LogP contribution in [0.3, 0.4) is 0 Å². The SMILES string of the molecule is O=C1Nc2ccccc2C2(CCN(C3CCN(c4cnccn4)CC3)CC2)O1. The predicted molar refractivity (Wildman–Crippen MR) is 106 cm³/mol. The fraction of sp³-hybridized carbons (Fsp3) is 0.476. The summed E-state index contributed by atoms with van der Waals surface area (Å²) in [5.74, 6) is 0.969. The quantitative estimate of drug-likeness (QED) is 0.865. The molecular formula is C21H25N5O2. The summed E-state index contributed by atoms with van der Waals surface area (Å²) >= 11 is 0. The molecule has 4 heterocycles. The number of piperidine rings is 2. The Hall–Kier alpha value is -2.67. The highest BCUT2D eigenvalue weighted by Crippen LogP contribution is 2.44. The number of benzene rings is 1. The summed E-state index contributed by atoms with van der Waals surface area (Å²) in [6.45, 7) is 3.92. The van der Waals surface area contributed by atoms with Crippen molar-refractivity contribution in [2.45, 2.75) is 37.3 Å². The van der Waals surface area contributed by atoms with Crippen LogP contribution in [0.2, 0.25) is 0 Å². The van der Waals surface area contributed by atoms with E-state index in [1.54, 1.807) is 12.4 Å². The fourth-order valence-electron chi connectivity index (χ4n) is 4.89. The molecule has 0 radical (unpaired) electrons. The monoisotopic (exact) mass is 379 g/mol. The minimum atomic E-state index is -0.476. The predicted octanol–water partition coefficient (Wildman–Crippen LogP) is 3.00. The van der Waals surface area contributed by atoms with Gasteiger partial charge in [-0.1, -0.05) is 18.2 Å². The van der Waals surface area contributed by atoms with Crippen molar-refractivity contribution < 1.29 is 9.53 Å². The molecule has 0 bridgehead atoms. The van der Waals surface area contributed by atoms with Gasteiger partial charge < -0.3 is 9.64 Å². The molecule has 0 unspecified atom stereocenters. The van der Waals surface area contributed by atoms with Crippen molar-refractivity contribution in [1.29, 1.82) is 0 Å². The Morgan fingerprint density at radius 2 is 1.86 bits per heavy atom. The van der Waals surface area contributed by atoms with E-state index in [0.717, 1.165) is 68.9 Å². The lowest BCUT2D eigenvalue weighted by Gasteiger charge is -2.47. The van der Waals surface area contributed by atoms with Gasteiger partial charge in [-0.05, 0) is 18.9 Å². The van der Waals surface area contributed by atoms with Crippen molar-refractivity contribution in [2.24, 2.45) is 0 Å². The van der Waals surface area contributed by atoms with Crippen LogP contribution in [0.4, 0.5) is 16.3 Å². The normalized spacial score (nSPS) is 22.4. The highest BCUT2D eigenvalue weighted by atomic mass is 16.6. The molecule has 2 aromatic rings. The summed E-state index contributed by atoms with van der Waals surface area (Å²) in [7, 11) is 0. The van der Waals surface area contributed by atoms with E-state index in [9.17, 15) is 4.79 Å². The Balaban J connectivity index is 1.23. The lowest BCUT2D eigenvalue weighted by Crippen LogP contribution is -2.53. The molecule has 1 amide bonds. The van der Waals surface area contributed by atoms with Gasteiger partial charge in [-0.2, -0.15) is 0 Å². The number of hydrogen-bond donors (Lipinski definition) is 1. The molecule has 7 heteroatoms. The number of nitrogens with one attached hydrogen (secondary N) is 1. The van der Waals surface area contributed by atoms with Crippen molar-refractivity contribution in [3.05, 3.63) is 48.4 Å². The average Bonchev–Trinajstić information content (AvgIpc) is 2.75. The van der Waals surface area contributed by atoms with Gasteiger partial charge in [-0.3, -0.25) is 15.2 Å². The van der Waals surface area contributed by atoms with E-state index < -0.39 is 5.60 Å². The molecular weight excluding hydrogens is 354 g/mol. The van der Waals surface area contributed by atoms with Crippen LogP contribution in [0.15, 0.2) is 42.9 Å². The van der Waals surface area contributed by atoms with E-state index >= 15 is 0 Å². The number of fused-ring (bicyclic) bond motifs is 2. The maximum atomic E-state index is 12.1. The molecule has 3 aliphatic heterocycles. The number of rotatable bonds is 2. The molecule has 7 nitrogen and oxygen atoms in total. The van der Waals surface area contributed by atoms with Crippen LogP contribution in [-0.2, 0) is 10.3 Å². The van der Waals surface area contributed by atoms with Gasteiger partial charge in [0.1, 0.15) is 11.4 Å². The number of carbonyl (C=O) groups is 1. The van der Waals surface area contributed by atoms with E-state index in [1.165, 1.54) is 0 Å². The third kappa shape index (κ3) is 3.09. The van der Waals surface area contributed by atoms with Gasteiger partial charge >= 0.3 is 6.09 Å². The molecule has 146 valence electrons. The highest BCUT2D eigenvalue weighted by molar-refractivity contribution is 5.88. The number of nitrogens with zero attached hydrogens (tertiary/aromatic N) is 4. The maximum absolute atomic E-state index is 12.1. The van der Waals surface area contributed by atoms with Crippen molar-refractivity contribution in [2.75, 3.05) is 36.4 Å². The largest absolute Gasteiger partial charge is 0.438 e. The maximum Gasteiger partial charge on any atom is 0.412 e. The number of amides is 1. The Labute approximate surface area is 164 Å². The van der Waals surface area contributed by atoms with Gasteiger partial charge in [0.2, 0.25) is 0 Å². The molecule has 0 aliphatic carbocycles. The number of anilines is 2. The van der Waals surface area contributed by atoms with E-state index in [-0.39, 0.29) is 6.09 Å². The Morgan fingerprint density at radius 1 is 1.07 bits per heavy atom. The van der Waals surface area contributed by atoms with Gasteiger partial charge in [-0.15, -0.1) is 0 Å². The van der Waals surface area contributed by atoms with Gasteiger partial charge in [-0.25, -0.2) is 9.78 Å². The summed E-state index contributed by atoms with van der Waals surface area (Å²) in [5, 5.41) is 2.84. The zero-order chi connectivity index (χ0) is 19.0. The molecule has 2 saturated heterocycles. The zero-order valence-corrected chi connectivity index (χ0v) is 15.9. The summed E-state index contributed by atoms with van der Waals surface area (Å²) in [6, 6.07) is 8.61. The van der Waals surface area contributed by atoms with E-state index in [1.807, 2.05) is 24.4 Å². The summed E-state index contributed by atoms with van der Waals surface area (Å²) < 4.78 is 5.85. The third-order valence-corrected chi connectivity index (χ3v) is 6.40. The first-order valence-corrected chi connectivity index (χ1v) is 10.1. The van der Waals surface area contributed by atoms with Gasteiger partial charge in [0, 0.05) is 63.0 Å². The second-order valence-corrected chi connectivity index (χ2v) is 7.87. The highest BCUT2D eigenvalue weighted by Gasteiger charge is 2.45. The van der Waals surface area contributed by atoms with Crippen LogP contribution < -0.4 is 10.2 Å². The Kier molecular flexibility index (Phi) is 4.39. The molecule has 0 saturated carbocycles. The number of likely N-dealkylation sites (tertiary alicyclic amines) is 1. The number of para-hydroxylation sites is 1. The number of aromatic nitrogens is 2. The standard InChI is InChI=1S/C21H25N5O2/c27-20-24-18-4-2-1-3-17(18)21(28-20)7-13-25(14-8-21)16-5-11-26(12-6-16)19-15-22-9-10-23-19/h1-4,9-10,15-16H,5-8,11-14H2,(H,24,27). The summed E-state index contributed by atoms with van der Waals surface area (Å²) in [4.78, 5) is 25.6. The first kappa shape index (κ1) is 17.4. The van der Waals surface area contributed by atoms with Crippen LogP contribution in [0, 0.1) is 0 Å².